The lowest BCUT2D eigenvalue weighted by Gasteiger charge is -2.23. The summed E-state index contributed by atoms with van der Waals surface area (Å²) in [4.78, 5) is 19.2. The Morgan fingerprint density at radius 3 is 2.86 bits per heavy atom. The van der Waals surface area contributed by atoms with E-state index < -0.39 is 0 Å². The van der Waals surface area contributed by atoms with Crippen molar-refractivity contribution < 1.29 is 9.53 Å². The molecule has 1 aliphatic rings. The van der Waals surface area contributed by atoms with Gasteiger partial charge in [-0.2, -0.15) is 0 Å². The molecule has 0 bridgehead atoms. The van der Waals surface area contributed by atoms with Crippen molar-refractivity contribution in [2.45, 2.75) is 32.7 Å². The van der Waals surface area contributed by atoms with Gasteiger partial charge in [0.15, 0.2) is 5.13 Å². The number of carbonyl (C=O) groups excluding carboxylic acids is 1. The van der Waals surface area contributed by atoms with E-state index in [-0.39, 0.29) is 5.91 Å². The fourth-order valence-electron chi connectivity index (χ4n) is 2.01. The van der Waals surface area contributed by atoms with E-state index in [2.05, 4.69) is 24.1 Å². The predicted molar refractivity (Wildman–Crippen MR) is 85.8 cm³/mol. The van der Waals surface area contributed by atoms with E-state index in [1.165, 1.54) is 11.3 Å². The molecule has 1 aromatic rings. The van der Waals surface area contributed by atoms with Crippen LogP contribution in [-0.4, -0.2) is 48.6 Å². The standard InChI is InChI=1S/C14H24N4O2S/c1-9(2)8-18(6-7-20-3)13(19)11-12(15)17-14(21-11)16-10-4-5-10/h9-10H,4-8,15H2,1-3H3,(H,16,17). The summed E-state index contributed by atoms with van der Waals surface area (Å²) in [7, 11) is 1.64. The molecule has 7 heteroatoms. The minimum Gasteiger partial charge on any atom is -0.383 e. The zero-order valence-corrected chi connectivity index (χ0v) is 13.7. The Hall–Kier alpha value is -1.34. The Morgan fingerprint density at radius 2 is 2.29 bits per heavy atom. The summed E-state index contributed by atoms with van der Waals surface area (Å²) >= 11 is 1.35. The number of methoxy groups -OCH3 is 1. The summed E-state index contributed by atoms with van der Waals surface area (Å²) in [6.07, 6.45) is 2.33. The van der Waals surface area contributed by atoms with Gasteiger partial charge in [-0.1, -0.05) is 25.2 Å². The molecule has 1 aliphatic carbocycles. The number of nitrogens with two attached hydrogens (primary N) is 1. The summed E-state index contributed by atoms with van der Waals surface area (Å²) < 4.78 is 5.09. The van der Waals surface area contributed by atoms with Crippen LogP contribution in [0.4, 0.5) is 10.9 Å². The number of nitrogens with one attached hydrogen (secondary N) is 1. The first kappa shape index (κ1) is 16.0. The van der Waals surface area contributed by atoms with E-state index >= 15 is 0 Å². The van der Waals surface area contributed by atoms with Crippen molar-refractivity contribution in [2.75, 3.05) is 37.9 Å². The number of ether oxygens (including phenoxy) is 1. The van der Waals surface area contributed by atoms with Crippen molar-refractivity contribution in [3.05, 3.63) is 4.88 Å². The Balaban J connectivity index is 2.08. The molecular formula is C14H24N4O2S. The van der Waals surface area contributed by atoms with Gasteiger partial charge in [0.25, 0.3) is 5.91 Å². The molecule has 1 aromatic heterocycles. The van der Waals surface area contributed by atoms with Crippen LogP contribution >= 0.6 is 11.3 Å². The number of carbonyl (C=O) groups is 1. The predicted octanol–water partition coefficient (Wildman–Crippen LogP) is 2.04. The van der Waals surface area contributed by atoms with Crippen molar-refractivity contribution >= 4 is 28.2 Å². The van der Waals surface area contributed by atoms with Crippen LogP contribution in [0.5, 0.6) is 0 Å². The fourth-order valence-corrected chi connectivity index (χ4v) is 2.94. The van der Waals surface area contributed by atoms with Crippen LogP contribution in [-0.2, 0) is 4.74 Å². The van der Waals surface area contributed by atoms with E-state index in [1.807, 2.05) is 0 Å². The number of anilines is 2. The van der Waals surface area contributed by atoms with Crippen LogP contribution < -0.4 is 11.1 Å². The molecule has 0 radical (unpaired) electrons. The molecule has 0 aromatic carbocycles. The van der Waals surface area contributed by atoms with Gasteiger partial charge in [0, 0.05) is 26.2 Å². The van der Waals surface area contributed by atoms with E-state index in [1.54, 1.807) is 12.0 Å². The lowest BCUT2D eigenvalue weighted by Crippen LogP contribution is -2.36. The molecule has 2 rings (SSSR count). The Kier molecular flexibility index (Phi) is 5.41. The number of amides is 1. The van der Waals surface area contributed by atoms with E-state index in [0.29, 0.717) is 42.4 Å². The largest absolute Gasteiger partial charge is 0.383 e. The third-order valence-corrected chi connectivity index (χ3v) is 4.18. The minimum atomic E-state index is -0.0559. The highest BCUT2D eigenvalue weighted by Gasteiger charge is 2.26. The topological polar surface area (TPSA) is 80.5 Å². The number of rotatable bonds is 8. The molecule has 0 saturated heterocycles. The second kappa shape index (κ2) is 7.09. The first-order valence-corrected chi connectivity index (χ1v) is 8.14. The second-order valence-electron chi connectivity index (χ2n) is 5.79. The van der Waals surface area contributed by atoms with Gasteiger partial charge >= 0.3 is 0 Å². The Morgan fingerprint density at radius 1 is 1.57 bits per heavy atom. The number of hydrogen-bond donors (Lipinski definition) is 2. The summed E-state index contributed by atoms with van der Waals surface area (Å²) in [5.74, 6) is 0.655. The zero-order chi connectivity index (χ0) is 15.4. The summed E-state index contributed by atoms with van der Waals surface area (Å²) in [5, 5.41) is 4.03. The van der Waals surface area contributed by atoms with E-state index in [4.69, 9.17) is 10.5 Å². The molecule has 21 heavy (non-hydrogen) atoms. The maximum Gasteiger partial charge on any atom is 0.267 e. The van der Waals surface area contributed by atoms with Gasteiger partial charge in [-0.3, -0.25) is 4.79 Å². The maximum atomic E-state index is 12.7. The first-order valence-electron chi connectivity index (χ1n) is 7.32. The van der Waals surface area contributed by atoms with Crippen LogP contribution in [0.25, 0.3) is 0 Å². The molecule has 0 unspecified atom stereocenters. The average Bonchev–Trinajstić information content (AvgIpc) is 3.15. The fraction of sp³-hybridized carbons (Fsp3) is 0.714. The van der Waals surface area contributed by atoms with E-state index in [9.17, 15) is 4.79 Å². The van der Waals surface area contributed by atoms with Crippen LogP contribution in [0.2, 0.25) is 0 Å². The van der Waals surface area contributed by atoms with Crippen molar-refractivity contribution in [1.29, 1.82) is 0 Å². The quantitative estimate of drug-likeness (QED) is 0.768. The van der Waals surface area contributed by atoms with Crippen molar-refractivity contribution in [3.63, 3.8) is 0 Å². The van der Waals surface area contributed by atoms with Gasteiger partial charge in [-0.25, -0.2) is 4.98 Å². The van der Waals surface area contributed by atoms with Crippen molar-refractivity contribution in [2.24, 2.45) is 5.92 Å². The van der Waals surface area contributed by atoms with Crippen molar-refractivity contribution in [3.8, 4) is 0 Å². The Labute approximate surface area is 129 Å². The molecule has 0 atom stereocenters. The third-order valence-electron chi connectivity index (χ3n) is 3.19. The number of nitrogen functional groups attached to an aromatic ring is 1. The zero-order valence-electron chi connectivity index (χ0n) is 12.9. The van der Waals surface area contributed by atoms with Gasteiger partial charge in [-0.05, 0) is 18.8 Å². The van der Waals surface area contributed by atoms with Gasteiger partial charge in [0.1, 0.15) is 10.7 Å². The molecule has 1 heterocycles. The molecule has 3 N–H and O–H groups in total. The number of nitrogens with zero attached hydrogens (tertiary/aromatic N) is 2. The maximum absolute atomic E-state index is 12.7. The lowest BCUT2D eigenvalue weighted by atomic mass is 10.2. The number of thiazole rings is 1. The molecule has 1 saturated carbocycles. The number of hydrogen-bond acceptors (Lipinski definition) is 6. The first-order chi connectivity index (χ1) is 10.0. The number of aromatic nitrogens is 1. The SMILES string of the molecule is COCCN(CC(C)C)C(=O)c1sc(NC2CC2)nc1N. The molecule has 0 spiro atoms. The van der Waals surface area contributed by atoms with Gasteiger partial charge in [-0.15, -0.1) is 0 Å². The average molecular weight is 312 g/mol. The summed E-state index contributed by atoms with van der Waals surface area (Å²) in [6, 6.07) is 0.499. The van der Waals surface area contributed by atoms with Crippen LogP contribution in [0, 0.1) is 5.92 Å². The molecule has 1 fully saturated rings. The lowest BCUT2D eigenvalue weighted by molar-refractivity contribution is 0.0678. The van der Waals surface area contributed by atoms with Gasteiger partial charge < -0.3 is 20.7 Å². The molecular weight excluding hydrogens is 288 g/mol. The highest BCUT2D eigenvalue weighted by atomic mass is 32.1. The summed E-state index contributed by atoms with van der Waals surface area (Å²) in [6.45, 7) is 5.94. The monoisotopic (exact) mass is 312 g/mol. The molecule has 0 aliphatic heterocycles. The van der Waals surface area contributed by atoms with Crippen LogP contribution in [0.3, 0.4) is 0 Å². The Bertz CT molecular complexity index is 485. The highest BCUT2D eigenvalue weighted by molar-refractivity contribution is 7.18. The third kappa shape index (κ3) is 4.57. The van der Waals surface area contributed by atoms with E-state index in [0.717, 1.165) is 18.0 Å². The summed E-state index contributed by atoms with van der Waals surface area (Å²) in [5.41, 5.74) is 5.92. The van der Waals surface area contributed by atoms with Crippen LogP contribution in [0.15, 0.2) is 0 Å². The second-order valence-corrected chi connectivity index (χ2v) is 6.79. The normalized spacial score (nSPS) is 14.5. The minimum absolute atomic E-state index is 0.0559. The van der Waals surface area contributed by atoms with Crippen LogP contribution in [0.1, 0.15) is 36.4 Å². The molecule has 6 nitrogen and oxygen atoms in total. The molecule has 1 amide bonds. The highest BCUT2D eigenvalue weighted by Crippen LogP contribution is 2.31. The van der Waals surface area contributed by atoms with Gasteiger partial charge in [0.2, 0.25) is 0 Å². The smallest absolute Gasteiger partial charge is 0.267 e. The van der Waals surface area contributed by atoms with Gasteiger partial charge in [0.05, 0.1) is 6.61 Å². The molecule has 118 valence electrons. The van der Waals surface area contributed by atoms with Crippen molar-refractivity contribution in [1.82, 2.24) is 9.88 Å².